The second-order valence-corrected chi connectivity index (χ2v) is 10.2. The van der Waals surface area contributed by atoms with Crippen LogP contribution < -0.4 is 10.1 Å². The van der Waals surface area contributed by atoms with Gasteiger partial charge in [-0.05, 0) is 82.0 Å². The van der Waals surface area contributed by atoms with E-state index in [1.165, 1.54) is 26.0 Å². The lowest BCUT2D eigenvalue weighted by Gasteiger charge is -2.31. The normalized spacial score (nSPS) is 29.2. The fraction of sp³-hybridized carbons (Fsp3) is 0.680. The van der Waals surface area contributed by atoms with Crippen LogP contribution >= 0.6 is 0 Å². The van der Waals surface area contributed by atoms with Gasteiger partial charge in [0, 0.05) is 29.8 Å². The van der Waals surface area contributed by atoms with Gasteiger partial charge >= 0.3 is 0 Å². The van der Waals surface area contributed by atoms with E-state index in [0.29, 0.717) is 23.5 Å². The van der Waals surface area contributed by atoms with Gasteiger partial charge in [0.05, 0.1) is 12.8 Å². The first-order valence-corrected chi connectivity index (χ1v) is 12.2. The van der Waals surface area contributed by atoms with E-state index in [4.69, 9.17) is 9.26 Å². The highest BCUT2D eigenvalue weighted by Crippen LogP contribution is 2.41. The first-order chi connectivity index (χ1) is 15.5. The number of carbonyl (C=O) groups is 1. The molecule has 7 heteroatoms. The fourth-order valence-electron chi connectivity index (χ4n) is 5.66. The van der Waals surface area contributed by atoms with Crippen molar-refractivity contribution in [3.63, 3.8) is 0 Å². The third-order valence-electron chi connectivity index (χ3n) is 7.87. The van der Waals surface area contributed by atoms with Gasteiger partial charge < -0.3 is 19.5 Å². The summed E-state index contributed by atoms with van der Waals surface area (Å²) < 4.78 is 24.5. The molecule has 1 aromatic heterocycles. The summed E-state index contributed by atoms with van der Waals surface area (Å²) in [6.45, 7) is 5.29. The van der Waals surface area contributed by atoms with Gasteiger partial charge in [0.1, 0.15) is 0 Å². The third kappa shape index (κ3) is 4.36. The van der Waals surface area contributed by atoms with Crippen molar-refractivity contribution < 1.29 is 18.4 Å². The number of piperidine rings is 1. The Balaban J connectivity index is 1.11. The van der Waals surface area contributed by atoms with Crippen molar-refractivity contribution in [2.24, 2.45) is 17.8 Å². The van der Waals surface area contributed by atoms with Crippen LogP contribution in [0.2, 0.25) is 0 Å². The quantitative estimate of drug-likeness (QED) is 0.713. The lowest BCUT2D eigenvalue weighted by atomic mass is 9.87. The lowest BCUT2D eigenvalue weighted by Crippen LogP contribution is -2.39. The molecule has 2 atom stereocenters. The number of halogens is 1. The topological polar surface area (TPSA) is 67.6 Å². The predicted molar refractivity (Wildman–Crippen MR) is 120 cm³/mol. The molecule has 3 fully saturated rings. The van der Waals surface area contributed by atoms with Crippen molar-refractivity contribution in [1.82, 2.24) is 15.4 Å². The Kier molecular flexibility index (Phi) is 6.10. The van der Waals surface area contributed by atoms with Gasteiger partial charge in [-0.25, -0.2) is 4.39 Å². The van der Waals surface area contributed by atoms with E-state index >= 15 is 0 Å². The van der Waals surface area contributed by atoms with E-state index in [9.17, 15) is 9.18 Å². The number of methoxy groups -OCH3 is 1. The zero-order chi connectivity index (χ0) is 22.2. The number of rotatable bonds is 6. The number of hydrogen-bond acceptors (Lipinski definition) is 5. The molecule has 174 valence electrons. The first kappa shape index (κ1) is 21.7. The molecule has 3 aliphatic rings. The van der Waals surface area contributed by atoms with E-state index in [1.807, 2.05) is 0 Å². The molecule has 2 aliphatic carbocycles. The van der Waals surface area contributed by atoms with Crippen molar-refractivity contribution in [2.45, 2.75) is 63.8 Å². The Morgan fingerprint density at radius 3 is 2.69 bits per heavy atom. The number of nitrogens with one attached hydrogen (secondary N) is 1. The Bertz CT molecular complexity index is 961. The number of benzene rings is 1. The number of likely N-dealkylation sites (tertiary alicyclic amines) is 1. The minimum atomic E-state index is -0.432. The Labute approximate surface area is 188 Å². The zero-order valence-electron chi connectivity index (χ0n) is 19.1. The largest absolute Gasteiger partial charge is 0.490 e. The Morgan fingerprint density at radius 1 is 1.22 bits per heavy atom. The minimum absolute atomic E-state index is 0.125. The Morgan fingerprint density at radius 2 is 1.97 bits per heavy atom. The summed E-state index contributed by atoms with van der Waals surface area (Å²) in [6, 6.07) is 3.55. The molecule has 5 rings (SSSR count). The lowest BCUT2D eigenvalue weighted by molar-refractivity contribution is -0.123. The number of fused-ring (bicyclic) bond motifs is 1. The SMILES string of the molecule is COc1c(F)ccc2c(C3CCN(C[C@H]4C[C@@H]4C(=O)NC4CCC(C)CC4)CC3)noc12. The number of amides is 1. The molecule has 2 aromatic rings. The molecule has 1 aliphatic heterocycles. The summed E-state index contributed by atoms with van der Waals surface area (Å²) >= 11 is 0. The van der Waals surface area contributed by atoms with E-state index in [1.54, 1.807) is 6.07 Å². The molecule has 0 unspecified atom stereocenters. The van der Waals surface area contributed by atoms with Crippen molar-refractivity contribution >= 4 is 16.9 Å². The minimum Gasteiger partial charge on any atom is -0.490 e. The van der Waals surface area contributed by atoms with Gasteiger partial charge in [-0.1, -0.05) is 12.1 Å². The van der Waals surface area contributed by atoms with Crippen LogP contribution in [-0.4, -0.2) is 48.7 Å². The van der Waals surface area contributed by atoms with Crippen LogP contribution in [0, 0.1) is 23.6 Å². The van der Waals surface area contributed by atoms with Gasteiger partial charge in [0.2, 0.25) is 17.2 Å². The molecule has 0 bridgehead atoms. The predicted octanol–water partition coefficient (Wildman–Crippen LogP) is 4.49. The maximum absolute atomic E-state index is 13.9. The summed E-state index contributed by atoms with van der Waals surface area (Å²) in [5.41, 5.74) is 1.30. The molecule has 1 amide bonds. The Hall–Kier alpha value is -2.15. The molecule has 1 N–H and O–H groups in total. The molecule has 6 nitrogen and oxygen atoms in total. The summed E-state index contributed by atoms with van der Waals surface area (Å²) in [4.78, 5) is 15.1. The van der Waals surface area contributed by atoms with E-state index < -0.39 is 5.82 Å². The summed E-state index contributed by atoms with van der Waals surface area (Å²) in [5, 5.41) is 8.43. The standard InChI is InChI=1S/C25H34FN3O3/c1-15-3-5-18(6-4-15)27-25(30)20-13-17(20)14-29-11-9-16(10-12-29)22-19-7-8-21(26)24(31-2)23(19)32-28-22/h7-8,15-18,20H,3-6,9-14H2,1-2H3,(H,27,30)/t15?,17-,18?,20+/m1/s1. The van der Waals surface area contributed by atoms with Crippen LogP contribution in [0.25, 0.3) is 11.0 Å². The molecule has 0 spiro atoms. The molecule has 32 heavy (non-hydrogen) atoms. The molecule has 2 saturated carbocycles. The van der Waals surface area contributed by atoms with Crippen LogP contribution in [0.5, 0.6) is 5.75 Å². The van der Waals surface area contributed by atoms with Gasteiger partial charge in [-0.2, -0.15) is 0 Å². The molecule has 1 aromatic carbocycles. The molecular weight excluding hydrogens is 409 g/mol. The summed E-state index contributed by atoms with van der Waals surface area (Å²) in [5.74, 6) is 1.77. The van der Waals surface area contributed by atoms with Crippen LogP contribution in [0.15, 0.2) is 16.7 Å². The second kappa shape index (κ2) is 9.00. The summed E-state index contributed by atoms with van der Waals surface area (Å²) in [6.07, 6.45) is 7.73. The first-order valence-electron chi connectivity index (χ1n) is 12.2. The van der Waals surface area contributed by atoms with Crippen LogP contribution in [-0.2, 0) is 4.79 Å². The third-order valence-corrected chi connectivity index (χ3v) is 7.87. The molecule has 1 saturated heterocycles. The van der Waals surface area contributed by atoms with E-state index in [2.05, 4.69) is 22.3 Å². The second-order valence-electron chi connectivity index (χ2n) is 10.2. The number of hydrogen-bond donors (Lipinski definition) is 1. The van der Waals surface area contributed by atoms with Crippen molar-refractivity contribution in [3.05, 3.63) is 23.6 Å². The van der Waals surface area contributed by atoms with Crippen LogP contribution in [0.3, 0.4) is 0 Å². The average Bonchev–Trinajstić information content (AvgIpc) is 3.44. The maximum atomic E-state index is 13.9. The molecule has 0 radical (unpaired) electrons. The number of ether oxygens (including phenoxy) is 1. The highest BCUT2D eigenvalue weighted by atomic mass is 19.1. The number of carbonyl (C=O) groups excluding carboxylic acids is 1. The average molecular weight is 444 g/mol. The van der Waals surface area contributed by atoms with Gasteiger partial charge in [0.15, 0.2) is 5.82 Å². The number of aromatic nitrogens is 1. The number of nitrogens with zero attached hydrogens (tertiary/aromatic N) is 2. The fourth-order valence-corrected chi connectivity index (χ4v) is 5.66. The van der Waals surface area contributed by atoms with Crippen molar-refractivity contribution in [2.75, 3.05) is 26.7 Å². The maximum Gasteiger partial charge on any atom is 0.223 e. The van der Waals surface area contributed by atoms with E-state index in [-0.39, 0.29) is 17.6 Å². The molecular formula is C25H34FN3O3. The van der Waals surface area contributed by atoms with E-state index in [0.717, 1.165) is 68.7 Å². The smallest absolute Gasteiger partial charge is 0.223 e. The monoisotopic (exact) mass is 443 g/mol. The zero-order valence-corrected chi connectivity index (χ0v) is 19.1. The molecule has 2 heterocycles. The van der Waals surface area contributed by atoms with Gasteiger partial charge in [-0.3, -0.25) is 4.79 Å². The van der Waals surface area contributed by atoms with Crippen molar-refractivity contribution in [3.8, 4) is 5.75 Å². The highest BCUT2D eigenvalue weighted by Gasteiger charge is 2.44. The van der Waals surface area contributed by atoms with Gasteiger partial charge in [0.25, 0.3) is 0 Å². The van der Waals surface area contributed by atoms with Gasteiger partial charge in [-0.15, -0.1) is 0 Å². The van der Waals surface area contributed by atoms with Crippen molar-refractivity contribution in [1.29, 1.82) is 0 Å². The van der Waals surface area contributed by atoms with Crippen LogP contribution in [0.1, 0.15) is 63.5 Å². The summed E-state index contributed by atoms with van der Waals surface area (Å²) in [7, 11) is 1.44. The highest BCUT2D eigenvalue weighted by molar-refractivity contribution is 5.85. The van der Waals surface area contributed by atoms with Crippen LogP contribution in [0.4, 0.5) is 4.39 Å².